The summed E-state index contributed by atoms with van der Waals surface area (Å²) in [5.41, 5.74) is 17.5. The van der Waals surface area contributed by atoms with Crippen LogP contribution in [0.25, 0.3) is 0 Å². The molecule has 1 aromatic carbocycles. The van der Waals surface area contributed by atoms with Gasteiger partial charge in [-0.05, 0) is 49.8 Å². The Labute approximate surface area is 192 Å². The van der Waals surface area contributed by atoms with E-state index in [1.54, 1.807) is 12.1 Å². The Morgan fingerprint density at radius 2 is 1.94 bits per heavy atom. The van der Waals surface area contributed by atoms with E-state index in [9.17, 15) is 19.5 Å². The maximum atomic E-state index is 12.9. The van der Waals surface area contributed by atoms with Crippen LogP contribution < -0.4 is 22.5 Å². The zero-order valence-electron chi connectivity index (χ0n) is 17.9. The maximum absolute atomic E-state index is 12.9. The minimum Gasteiger partial charge on any atom is -0.508 e. The molecule has 2 rings (SSSR count). The molecule has 3 atom stereocenters. The van der Waals surface area contributed by atoms with Crippen molar-refractivity contribution in [1.82, 2.24) is 10.2 Å². The lowest BCUT2D eigenvalue weighted by Crippen LogP contribution is -2.54. The number of hydrogen-bond acceptors (Lipinski definition) is 6. The molecule has 1 aromatic rings. The van der Waals surface area contributed by atoms with Gasteiger partial charge in [0.15, 0.2) is 11.7 Å². The van der Waals surface area contributed by atoms with Gasteiger partial charge in [-0.25, -0.2) is 0 Å². The van der Waals surface area contributed by atoms with Crippen molar-refractivity contribution in [2.24, 2.45) is 22.2 Å². The topological polar surface area (TPSA) is 177 Å². The Morgan fingerprint density at radius 3 is 2.56 bits per heavy atom. The molecule has 2 amide bonds. The largest absolute Gasteiger partial charge is 0.508 e. The number of carbonyl (C=O) groups is 3. The van der Waals surface area contributed by atoms with Gasteiger partial charge in [0, 0.05) is 13.1 Å². The third-order valence-corrected chi connectivity index (χ3v) is 5.59. The van der Waals surface area contributed by atoms with E-state index < -0.39 is 24.0 Å². The third kappa shape index (κ3) is 7.38. The molecule has 0 spiro atoms. The number of benzene rings is 1. The van der Waals surface area contributed by atoms with Gasteiger partial charge >= 0.3 is 0 Å². The number of likely N-dealkylation sites (tertiary alicyclic amines) is 1. The van der Waals surface area contributed by atoms with E-state index in [1.807, 2.05) is 0 Å². The highest BCUT2D eigenvalue weighted by atomic mass is 35.5. The van der Waals surface area contributed by atoms with E-state index in [0.29, 0.717) is 38.8 Å². The number of aliphatic imine (C=N–C) groups is 1. The highest BCUT2D eigenvalue weighted by molar-refractivity contribution is 6.28. The molecule has 1 heterocycles. The molecule has 176 valence electrons. The van der Waals surface area contributed by atoms with E-state index >= 15 is 0 Å². The molecule has 10 nitrogen and oxygen atoms in total. The average Bonchev–Trinajstić information content (AvgIpc) is 3.26. The van der Waals surface area contributed by atoms with Crippen LogP contribution >= 0.6 is 11.6 Å². The number of guanidine groups is 1. The summed E-state index contributed by atoms with van der Waals surface area (Å²) >= 11 is 5.70. The summed E-state index contributed by atoms with van der Waals surface area (Å²) in [7, 11) is 0. The van der Waals surface area contributed by atoms with Crippen LogP contribution in [0.15, 0.2) is 29.3 Å². The number of ketones is 1. The van der Waals surface area contributed by atoms with E-state index in [0.717, 1.165) is 5.56 Å². The SMILES string of the molecule is NC(N)=NCCC[C@H](NC(=O)[C@@H]1CCCN1C(=O)[C@H](N)Cc1ccc(O)cc1)C(=O)CCl. The van der Waals surface area contributed by atoms with Crippen molar-refractivity contribution in [2.45, 2.75) is 50.2 Å². The number of nitrogens with one attached hydrogen (secondary N) is 1. The van der Waals surface area contributed by atoms with Crippen molar-refractivity contribution in [3.8, 4) is 5.75 Å². The lowest BCUT2D eigenvalue weighted by atomic mass is 10.0. The molecule has 0 radical (unpaired) electrons. The molecular formula is C21H31ClN6O4. The van der Waals surface area contributed by atoms with E-state index in [-0.39, 0.29) is 35.7 Å². The van der Waals surface area contributed by atoms with Gasteiger partial charge < -0.3 is 32.5 Å². The molecule has 8 N–H and O–H groups in total. The third-order valence-electron chi connectivity index (χ3n) is 5.33. The van der Waals surface area contributed by atoms with Gasteiger partial charge in [-0.1, -0.05) is 12.1 Å². The number of amides is 2. The standard InChI is InChI=1S/C21H31ClN6O4/c22-12-18(30)16(3-1-9-26-21(24)25)27-19(31)17-4-2-10-28(17)20(32)15(23)11-13-5-7-14(29)8-6-13/h5-8,15-17,29H,1-4,9-12,23H2,(H,27,31)(H4,24,25,26)/t15-,16+,17+/m1/s1. The van der Waals surface area contributed by atoms with Gasteiger partial charge in [-0.15, -0.1) is 11.6 Å². The number of nitrogens with two attached hydrogens (primary N) is 3. The molecule has 32 heavy (non-hydrogen) atoms. The summed E-state index contributed by atoms with van der Waals surface area (Å²) in [6.45, 7) is 0.739. The van der Waals surface area contributed by atoms with Crippen LogP contribution in [0.5, 0.6) is 5.75 Å². The Kier molecular flexibility index (Phi) is 9.73. The second-order valence-electron chi connectivity index (χ2n) is 7.78. The molecule has 1 saturated heterocycles. The van der Waals surface area contributed by atoms with Crippen molar-refractivity contribution in [3.05, 3.63) is 29.8 Å². The predicted octanol–water partition coefficient (Wildman–Crippen LogP) is -0.401. The molecule has 11 heteroatoms. The predicted molar refractivity (Wildman–Crippen MR) is 122 cm³/mol. The van der Waals surface area contributed by atoms with Gasteiger partial charge in [0.1, 0.15) is 11.8 Å². The molecule has 0 unspecified atom stereocenters. The summed E-state index contributed by atoms with van der Waals surface area (Å²) in [6.07, 6.45) is 2.24. The number of hydrogen-bond donors (Lipinski definition) is 5. The summed E-state index contributed by atoms with van der Waals surface area (Å²) in [5, 5.41) is 12.1. The minimum absolute atomic E-state index is 0.0435. The quantitative estimate of drug-likeness (QED) is 0.127. The Hall–Kier alpha value is -2.85. The van der Waals surface area contributed by atoms with Crippen LogP contribution in [-0.4, -0.2) is 70.7 Å². The average molecular weight is 467 g/mol. The van der Waals surface area contributed by atoms with Crippen LogP contribution in [0.2, 0.25) is 0 Å². The Bertz CT molecular complexity index is 828. The Balaban J connectivity index is 1.98. The van der Waals surface area contributed by atoms with Crippen molar-refractivity contribution in [3.63, 3.8) is 0 Å². The fourth-order valence-corrected chi connectivity index (χ4v) is 3.85. The highest BCUT2D eigenvalue weighted by Gasteiger charge is 2.37. The van der Waals surface area contributed by atoms with Gasteiger partial charge in [-0.2, -0.15) is 0 Å². The van der Waals surface area contributed by atoms with Crippen molar-refractivity contribution in [1.29, 1.82) is 0 Å². The summed E-state index contributed by atoms with van der Waals surface area (Å²) in [6, 6.07) is 4.14. The second-order valence-corrected chi connectivity index (χ2v) is 8.04. The molecule has 1 aliphatic heterocycles. The molecule has 0 aromatic heterocycles. The number of Topliss-reactive ketones (excluding diaryl/α,β-unsaturated/α-hetero) is 1. The zero-order valence-corrected chi connectivity index (χ0v) is 18.6. The van der Waals surface area contributed by atoms with Gasteiger partial charge in [0.25, 0.3) is 0 Å². The zero-order chi connectivity index (χ0) is 23.7. The summed E-state index contributed by atoms with van der Waals surface area (Å²) in [4.78, 5) is 43.4. The maximum Gasteiger partial charge on any atom is 0.243 e. The smallest absolute Gasteiger partial charge is 0.243 e. The summed E-state index contributed by atoms with van der Waals surface area (Å²) in [5.74, 6) is -1.20. The first-order valence-electron chi connectivity index (χ1n) is 10.5. The van der Waals surface area contributed by atoms with Gasteiger partial charge in [-0.3, -0.25) is 19.4 Å². The first kappa shape index (κ1) is 25.4. The normalized spacial score (nSPS) is 17.4. The fraction of sp³-hybridized carbons (Fsp3) is 0.524. The van der Waals surface area contributed by atoms with Crippen molar-refractivity contribution >= 4 is 35.2 Å². The minimum atomic E-state index is -0.826. The van der Waals surface area contributed by atoms with E-state index in [1.165, 1.54) is 17.0 Å². The number of halogens is 1. The molecular weight excluding hydrogens is 436 g/mol. The van der Waals surface area contributed by atoms with Crippen LogP contribution in [0.4, 0.5) is 0 Å². The lowest BCUT2D eigenvalue weighted by molar-refractivity contribution is -0.140. The number of nitrogens with zero attached hydrogens (tertiary/aromatic N) is 2. The first-order chi connectivity index (χ1) is 15.2. The van der Waals surface area contributed by atoms with Gasteiger partial charge in [0.2, 0.25) is 11.8 Å². The van der Waals surface area contributed by atoms with Crippen molar-refractivity contribution in [2.75, 3.05) is 19.0 Å². The Morgan fingerprint density at radius 1 is 1.25 bits per heavy atom. The molecule has 1 fully saturated rings. The van der Waals surface area contributed by atoms with Crippen LogP contribution in [0.1, 0.15) is 31.2 Å². The first-order valence-corrected chi connectivity index (χ1v) is 11.0. The molecule has 0 aliphatic carbocycles. The van der Waals surface area contributed by atoms with Gasteiger partial charge in [0.05, 0.1) is 18.0 Å². The molecule has 1 aliphatic rings. The van der Waals surface area contributed by atoms with E-state index in [2.05, 4.69) is 10.3 Å². The number of rotatable bonds is 11. The number of aromatic hydroxyl groups is 1. The van der Waals surface area contributed by atoms with Crippen LogP contribution in [0, 0.1) is 0 Å². The van der Waals surface area contributed by atoms with E-state index in [4.69, 9.17) is 28.8 Å². The monoisotopic (exact) mass is 466 g/mol. The highest BCUT2D eigenvalue weighted by Crippen LogP contribution is 2.20. The van der Waals surface area contributed by atoms with Crippen LogP contribution in [0.3, 0.4) is 0 Å². The fourth-order valence-electron chi connectivity index (χ4n) is 3.67. The number of phenolic OH excluding ortho intramolecular Hbond substituents is 1. The number of alkyl halides is 1. The lowest BCUT2D eigenvalue weighted by Gasteiger charge is -2.28. The van der Waals surface area contributed by atoms with Crippen molar-refractivity contribution < 1.29 is 19.5 Å². The molecule has 0 bridgehead atoms. The second kappa shape index (κ2) is 12.3. The number of carbonyl (C=O) groups excluding carboxylic acids is 3. The molecule has 0 saturated carbocycles. The van der Waals surface area contributed by atoms with Crippen LogP contribution in [-0.2, 0) is 20.8 Å². The summed E-state index contributed by atoms with van der Waals surface area (Å²) < 4.78 is 0. The number of phenols is 1.